The number of para-hydroxylation sites is 2. The summed E-state index contributed by atoms with van der Waals surface area (Å²) in [7, 11) is 1.60. The summed E-state index contributed by atoms with van der Waals surface area (Å²) in [6.45, 7) is 6.75. The van der Waals surface area contributed by atoms with E-state index in [-0.39, 0.29) is 6.03 Å². The lowest BCUT2D eigenvalue weighted by atomic mass is 10.0. The fourth-order valence-corrected chi connectivity index (χ4v) is 4.39. The number of carbonyl (C=O) groups is 1. The molecule has 7 nitrogen and oxygen atoms in total. The number of nitrogens with zero attached hydrogens (tertiary/aromatic N) is 4. The molecule has 2 heterocycles. The number of anilines is 2. The number of rotatable bonds is 5. The Morgan fingerprint density at radius 3 is 2.56 bits per heavy atom. The molecule has 2 amide bonds. The summed E-state index contributed by atoms with van der Waals surface area (Å²) in [4.78, 5) is 26.6. The van der Waals surface area contributed by atoms with E-state index in [4.69, 9.17) is 21.3 Å². The van der Waals surface area contributed by atoms with Crippen LogP contribution < -0.4 is 15.0 Å². The van der Waals surface area contributed by atoms with Crippen molar-refractivity contribution < 1.29 is 9.53 Å². The number of aryl methyl sites for hydroxylation is 2. The van der Waals surface area contributed by atoms with Gasteiger partial charge in [-0.2, -0.15) is 0 Å². The van der Waals surface area contributed by atoms with Crippen LogP contribution in [0.5, 0.6) is 5.75 Å². The van der Waals surface area contributed by atoms with E-state index in [0.29, 0.717) is 31.1 Å². The number of methoxy groups -OCH3 is 1. The Morgan fingerprint density at radius 1 is 1.03 bits per heavy atom. The number of nitrogens with one attached hydrogen (secondary N) is 1. The van der Waals surface area contributed by atoms with Gasteiger partial charge in [0.25, 0.3) is 0 Å². The average Bonchev–Trinajstić information content (AvgIpc) is 3.09. The number of halogens is 1. The number of amides is 2. The van der Waals surface area contributed by atoms with Gasteiger partial charge in [0.1, 0.15) is 17.4 Å². The van der Waals surface area contributed by atoms with Crippen LogP contribution in [0.15, 0.2) is 48.5 Å². The van der Waals surface area contributed by atoms with Gasteiger partial charge in [0, 0.05) is 48.9 Å². The maximum Gasteiger partial charge on any atom is 0.322 e. The van der Waals surface area contributed by atoms with Crippen LogP contribution in [0, 0.1) is 13.8 Å². The van der Waals surface area contributed by atoms with E-state index < -0.39 is 0 Å². The highest BCUT2D eigenvalue weighted by Gasteiger charge is 2.23. The summed E-state index contributed by atoms with van der Waals surface area (Å²) in [5.74, 6) is 2.35. The third-order valence-electron chi connectivity index (χ3n) is 6.03. The number of aromatic nitrogens is 2. The molecule has 8 heteroatoms. The maximum atomic E-state index is 13.0. The predicted molar refractivity (Wildman–Crippen MR) is 136 cm³/mol. The van der Waals surface area contributed by atoms with Crippen LogP contribution in [0.3, 0.4) is 0 Å². The quantitative estimate of drug-likeness (QED) is 0.552. The van der Waals surface area contributed by atoms with Crippen molar-refractivity contribution in [3.63, 3.8) is 0 Å². The molecule has 0 saturated carbocycles. The van der Waals surface area contributed by atoms with Crippen molar-refractivity contribution in [1.29, 1.82) is 0 Å². The molecule has 0 aliphatic carbocycles. The minimum Gasteiger partial charge on any atom is -0.495 e. The molecule has 0 radical (unpaired) electrons. The van der Waals surface area contributed by atoms with Gasteiger partial charge in [0.15, 0.2) is 0 Å². The second-order valence-corrected chi connectivity index (χ2v) is 8.86. The van der Waals surface area contributed by atoms with E-state index in [1.807, 2.05) is 67.3 Å². The van der Waals surface area contributed by atoms with E-state index in [1.54, 1.807) is 7.11 Å². The topological polar surface area (TPSA) is 70.6 Å². The summed E-state index contributed by atoms with van der Waals surface area (Å²) in [5.41, 5.74) is 3.92. The highest BCUT2D eigenvalue weighted by atomic mass is 35.5. The van der Waals surface area contributed by atoms with Crippen molar-refractivity contribution in [1.82, 2.24) is 14.9 Å². The van der Waals surface area contributed by atoms with E-state index in [2.05, 4.69) is 15.2 Å². The third kappa shape index (κ3) is 5.59. The van der Waals surface area contributed by atoms with Crippen LogP contribution in [0.2, 0.25) is 5.02 Å². The molecular weight excluding hydrogens is 450 g/mol. The van der Waals surface area contributed by atoms with Gasteiger partial charge in [-0.3, -0.25) is 0 Å². The lowest BCUT2D eigenvalue weighted by molar-refractivity contribution is 0.215. The Bertz CT molecular complexity index is 1150. The van der Waals surface area contributed by atoms with Gasteiger partial charge in [-0.05, 0) is 50.1 Å². The second kappa shape index (κ2) is 10.7. The first-order chi connectivity index (χ1) is 16.4. The first kappa shape index (κ1) is 23.8. The van der Waals surface area contributed by atoms with Crippen molar-refractivity contribution in [2.75, 3.05) is 43.5 Å². The average molecular weight is 480 g/mol. The Kier molecular flexibility index (Phi) is 7.53. The molecule has 34 heavy (non-hydrogen) atoms. The van der Waals surface area contributed by atoms with Gasteiger partial charge in [0.05, 0.1) is 12.8 Å². The van der Waals surface area contributed by atoms with Gasteiger partial charge < -0.3 is 19.9 Å². The maximum absolute atomic E-state index is 13.0. The summed E-state index contributed by atoms with van der Waals surface area (Å²) in [6, 6.07) is 15.2. The van der Waals surface area contributed by atoms with Crippen molar-refractivity contribution >= 4 is 29.1 Å². The van der Waals surface area contributed by atoms with Gasteiger partial charge in [0.2, 0.25) is 0 Å². The van der Waals surface area contributed by atoms with Crippen LogP contribution in [0.25, 0.3) is 0 Å². The molecule has 0 unspecified atom stereocenters. The van der Waals surface area contributed by atoms with Crippen molar-refractivity contribution in [2.45, 2.75) is 26.7 Å². The van der Waals surface area contributed by atoms with Crippen LogP contribution in [-0.4, -0.2) is 54.2 Å². The normalized spacial score (nSPS) is 14.0. The van der Waals surface area contributed by atoms with Crippen LogP contribution in [0.1, 0.15) is 29.1 Å². The van der Waals surface area contributed by atoms with Gasteiger partial charge in [-0.1, -0.05) is 35.9 Å². The number of ether oxygens (including phenoxy) is 1. The van der Waals surface area contributed by atoms with Crippen LogP contribution in [-0.2, 0) is 6.42 Å². The lowest BCUT2D eigenvalue weighted by Gasteiger charge is -2.26. The number of benzene rings is 2. The monoisotopic (exact) mass is 479 g/mol. The summed E-state index contributed by atoms with van der Waals surface area (Å²) >= 11 is 6.07. The van der Waals surface area contributed by atoms with E-state index in [9.17, 15) is 4.79 Å². The zero-order valence-corrected chi connectivity index (χ0v) is 20.6. The standard InChI is InChI=1S/C26H30ClN5O2/c1-18-22(17-20-9-11-21(27)12-10-20)25(29-19(2)28-18)31-13-6-14-32(16-15-31)26(33)30-23-7-4-5-8-24(23)34-3/h4-5,7-12H,6,13-17H2,1-3H3,(H,30,33). The van der Waals surface area contributed by atoms with Crippen molar-refractivity contribution in [3.05, 3.63) is 76.2 Å². The molecule has 1 aliphatic rings. The highest BCUT2D eigenvalue weighted by Crippen LogP contribution is 2.27. The fraction of sp³-hybridized carbons (Fsp3) is 0.346. The Hall–Kier alpha value is -3.32. The Morgan fingerprint density at radius 2 is 1.79 bits per heavy atom. The van der Waals surface area contributed by atoms with Gasteiger partial charge in [-0.15, -0.1) is 0 Å². The number of hydrogen-bond donors (Lipinski definition) is 1. The molecule has 2 aromatic carbocycles. The van der Waals surface area contributed by atoms with E-state index in [1.165, 1.54) is 0 Å². The summed E-state index contributed by atoms with van der Waals surface area (Å²) < 4.78 is 5.36. The molecule has 0 spiro atoms. The smallest absolute Gasteiger partial charge is 0.322 e. The minimum atomic E-state index is -0.122. The predicted octanol–water partition coefficient (Wildman–Crippen LogP) is 5.09. The third-order valence-corrected chi connectivity index (χ3v) is 6.28. The molecule has 1 N–H and O–H groups in total. The molecule has 0 bridgehead atoms. The van der Waals surface area contributed by atoms with Gasteiger partial charge >= 0.3 is 6.03 Å². The number of carbonyl (C=O) groups excluding carboxylic acids is 1. The first-order valence-electron chi connectivity index (χ1n) is 11.5. The lowest BCUT2D eigenvalue weighted by Crippen LogP contribution is -2.38. The zero-order valence-electron chi connectivity index (χ0n) is 19.8. The summed E-state index contributed by atoms with van der Waals surface area (Å²) in [6.07, 6.45) is 1.58. The molecule has 3 aromatic rings. The van der Waals surface area contributed by atoms with E-state index in [0.717, 1.165) is 52.9 Å². The van der Waals surface area contributed by atoms with Crippen LogP contribution in [0.4, 0.5) is 16.3 Å². The molecule has 1 fully saturated rings. The Labute approximate surface area is 205 Å². The highest BCUT2D eigenvalue weighted by molar-refractivity contribution is 6.30. The van der Waals surface area contributed by atoms with Crippen molar-refractivity contribution in [3.8, 4) is 5.75 Å². The molecule has 178 valence electrons. The van der Waals surface area contributed by atoms with Crippen LogP contribution >= 0.6 is 11.6 Å². The number of urea groups is 1. The minimum absolute atomic E-state index is 0.122. The summed E-state index contributed by atoms with van der Waals surface area (Å²) in [5, 5.41) is 3.71. The first-order valence-corrected chi connectivity index (χ1v) is 11.8. The van der Waals surface area contributed by atoms with E-state index >= 15 is 0 Å². The SMILES string of the molecule is COc1ccccc1NC(=O)N1CCCN(c2nc(C)nc(C)c2Cc2ccc(Cl)cc2)CC1. The largest absolute Gasteiger partial charge is 0.495 e. The molecule has 1 aromatic heterocycles. The molecule has 4 rings (SSSR count). The molecule has 0 atom stereocenters. The Balaban J connectivity index is 1.50. The van der Waals surface area contributed by atoms with Gasteiger partial charge in [-0.25, -0.2) is 14.8 Å². The molecule has 1 aliphatic heterocycles. The second-order valence-electron chi connectivity index (χ2n) is 8.42. The van der Waals surface area contributed by atoms with Crippen molar-refractivity contribution in [2.24, 2.45) is 0 Å². The molecular formula is C26H30ClN5O2. The number of hydrogen-bond acceptors (Lipinski definition) is 5. The molecule has 1 saturated heterocycles. The zero-order chi connectivity index (χ0) is 24.1. The fourth-order valence-electron chi connectivity index (χ4n) is 4.27.